The molecule has 0 amide bonds. The molecule has 1 spiro atoms. The lowest BCUT2D eigenvalue weighted by molar-refractivity contribution is -0.247. The summed E-state index contributed by atoms with van der Waals surface area (Å²) < 4.78 is 19.6. The van der Waals surface area contributed by atoms with E-state index < -0.39 is 28.5 Å². The maximum absolute atomic E-state index is 13.3. The summed E-state index contributed by atoms with van der Waals surface area (Å²) in [6.45, 7) is 17.4. The fourth-order valence-corrected chi connectivity index (χ4v) is 11.4. The van der Waals surface area contributed by atoms with E-state index in [9.17, 15) is 9.90 Å². The summed E-state index contributed by atoms with van der Waals surface area (Å²) in [7, 11) is 0. The average Bonchev–Trinajstić information content (AvgIpc) is 3.58. The Hall–Kier alpha value is -2.25. The minimum absolute atomic E-state index is 0.0848. The van der Waals surface area contributed by atoms with Crippen LogP contribution in [-0.2, 0) is 37.3 Å². The van der Waals surface area contributed by atoms with E-state index in [2.05, 4.69) is 58.7 Å². The zero-order valence-electron chi connectivity index (χ0n) is 26.9. The van der Waals surface area contributed by atoms with Crippen molar-refractivity contribution in [2.24, 2.45) is 11.3 Å². The first kappa shape index (κ1) is 27.1. The molecule has 3 fully saturated rings. The molecule has 6 atom stereocenters. The molecule has 2 N–H and O–H groups in total. The summed E-state index contributed by atoms with van der Waals surface area (Å²) in [6.07, 6.45) is 6.87. The summed E-state index contributed by atoms with van der Waals surface area (Å²) in [6, 6.07) is 4.86. The van der Waals surface area contributed by atoms with Crippen LogP contribution < -0.4 is 0 Å². The Balaban J connectivity index is 1.18. The molecular formula is C37H45NO5. The first-order chi connectivity index (χ1) is 19.9. The number of benzene rings is 1. The van der Waals surface area contributed by atoms with Gasteiger partial charge in [0.25, 0.3) is 0 Å². The van der Waals surface area contributed by atoms with Gasteiger partial charge in [-0.05, 0) is 126 Å². The molecule has 43 heavy (non-hydrogen) atoms. The Morgan fingerprint density at radius 3 is 2.51 bits per heavy atom. The van der Waals surface area contributed by atoms with Crippen molar-refractivity contribution in [3.05, 3.63) is 51.7 Å². The molecule has 7 aliphatic rings. The van der Waals surface area contributed by atoms with Gasteiger partial charge < -0.3 is 24.3 Å². The van der Waals surface area contributed by atoms with E-state index in [1.807, 2.05) is 13.8 Å². The third-order valence-electron chi connectivity index (χ3n) is 13.5. The molecule has 1 aromatic heterocycles. The Morgan fingerprint density at radius 1 is 0.977 bits per heavy atom. The Labute approximate surface area is 254 Å². The quantitative estimate of drug-likeness (QED) is 0.365. The van der Waals surface area contributed by atoms with Crippen LogP contribution in [0, 0.1) is 11.3 Å². The second kappa shape index (κ2) is 7.41. The van der Waals surface area contributed by atoms with E-state index >= 15 is 0 Å². The number of ketones is 1. The number of aliphatic hydroxyl groups is 1. The first-order valence-corrected chi connectivity index (χ1v) is 16.4. The average molecular weight is 584 g/mol. The van der Waals surface area contributed by atoms with Gasteiger partial charge in [-0.15, -0.1) is 0 Å². The van der Waals surface area contributed by atoms with E-state index in [1.54, 1.807) is 6.08 Å². The minimum atomic E-state index is -1.20. The Morgan fingerprint density at radius 2 is 1.74 bits per heavy atom. The smallest absolute Gasteiger partial charge is 0.195 e. The largest absolute Gasteiger partial charge is 0.385 e. The van der Waals surface area contributed by atoms with Gasteiger partial charge in [-0.1, -0.05) is 13.8 Å². The van der Waals surface area contributed by atoms with Gasteiger partial charge in [0, 0.05) is 45.8 Å². The van der Waals surface area contributed by atoms with Gasteiger partial charge in [0.2, 0.25) is 0 Å². The van der Waals surface area contributed by atoms with Crippen LogP contribution in [0.25, 0.3) is 16.5 Å². The molecule has 3 aliphatic heterocycles. The van der Waals surface area contributed by atoms with E-state index in [0.717, 1.165) is 32.1 Å². The highest BCUT2D eigenvalue weighted by molar-refractivity contribution is 5.97. The zero-order chi connectivity index (χ0) is 30.3. The number of fused-ring (bicyclic) bond motifs is 11. The molecule has 6 heteroatoms. The zero-order valence-corrected chi connectivity index (χ0v) is 26.9. The van der Waals surface area contributed by atoms with E-state index in [1.165, 1.54) is 44.4 Å². The molecule has 1 saturated heterocycles. The molecule has 1 aromatic carbocycles. The number of H-pyrrole nitrogens is 1. The standard InChI is InChI=1S/C37H45NO5/c1-31(2)18-24-21-16-26-22(13-19(21)14-25(24)32(3,4)42-31)23-15-20-9-10-36(40)28-17-27(39)30-33(5,6)43-37(28,41-30)12-11-34(36,7)35(20,8)29(23)38-26/h13,16-17,20,30,38,40H,9-12,14-15,18H2,1-8H3/t20-,30-,34+,35+,36+,37-/m0/s1. The highest BCUT2D eigenvalue weighted by Crippen LogP contribution is 2.72. The maximum atomic E-state index is 13.3. The van der Waals surface area contributed by atoms with Crippen LogP contribution in [0.1, 0.15) is 110 Å². The van der Waals surface area contributed by atoms with Crippen molar-refractivity contribution >= 4 is 22.3 Å². The third-order valence-corrected chi connectivity index (χ3v) is 13.5. The predicted molar refractivity (Wildman–Crippen MR) is 165 cm³/mol. The predicted octanol–water partition coefficient (Wildman–Crippen LogP) is 6.61. The van der Waals surface area contributed by atoms with E-state index in [4.69, 9.17) is 14.2 Å². The normalized spacial score (nSPS) is 42.6. The number of carbonyl (C=O) groups excluding carboxylic acids is 1. The lowest BCUT2D eigenvalue weighted by Crippen LogP contribution is -2.69. The van der Waals surface area contributed by atoms with Crippen molar-refractivity contribution in [3.8, 4) is 0 Å². The van der Waals surface area contributed by atoms with E-state index in [0.29, 0.717) is 24.3 Å². The van der Waals surface area contributed by atoms with Gasteiger partial charge in [-0.25, -0.2) is 0 Å². The number of aromatic amines is 1. The first-order valence-electron chi connectivity index (χ1n) is 16.4. The molecule has 228 valence electrons. The highest BCUT2D eigenvalue weighted by atomic mass is 16.8. The summed E-state index contributed by atoms with van der Waals surface area (Å²) >= 11 is 0. The molecule has 0 radical (unpaired) electrons. The molecule has 2 bridgehead atoms. The molecule has 9 rings (SSSR count). The molecule has 4 heterocycles. The second-order valence-corrected chi connectivity index (χ2v) is 17.0. The van der Waals surface area contributed by atoms with Crippen LogP contribution in [0.15, 0.2) is 29.4 Å². The lowest BCUT2D eigenvalue weighted by Gasteiger charge is -2.65. The van der Waals surface area contributed by atoms with Crippen LogP contribution in [0.5, 0.6) is 0 Å². The number of hydrogen-bond donors (Lipinski definition) is 2. The van der Waals surface area contributed by atoms with Crippen molar-refractivity contribution in [1.82, 2.24) is 4.98 Å². The molecule has 4 aliphatic carbocycles. The third kappa shape index (κ3) is 2.94. The fourth-order valence-electron chi connectivity index (χ4n) is 11.4. The van der Waals surface area contributed by atoms with Crippen LogP contribution in [0.4, 0.5) is 0 Å². The number of ether oxygens (including phenoxy) is 3. The maximum Gasteiger partial charge on any atom is 0.195 e. The van der Waals surface area contributed by atoms with Gasteiger partial charge in [-0.2, -0.15) is 0 Å². The summed E-state index contributed by atoms with van der Waals surface area (Å²) in [5.41, 5.74) is 7.05. The van der Waals surface area contributed by atoms with Crippen molar-refractivity contribution in [2.45, 2.75) is 140 Å². The topological polar surface area (TPSA) is 80.8 Å². The van der Waals surface area contributed by atoms with Gasteiger partial charge >= 0.3 is 0 Å². The SMILES string of the molecule is CC1(C)CC2=C(Cc3cc4c5c([nH]c4cc32)[C@@]2(C)[C@@H](CC[C@@]3(O)C4=CC(=O)[C@@H]6O[C@@]4(CC[C@@]32C)OC6(C)C)C5)C(C)(C)O1. The molecule has 0 unspecified atom stereocenters. The molecular weight excluding hydrogens is 538 g/mol. The van der Waals surface area contributed by atoms with Crippen molar-refractivity contribution in [1.29, 1.82) is 0 Å². The van der Waals surface area contributed by atoms with E-state index in [-0.39, 0.29) is 22.4 Å². The number of rotatable bonds is 0. The molecule has 2 saturated carbocycles. The van der Waals surface area contributed by atoms with Gasteiger partial charge in [0.1, 0.15) is 5.60 Å². The Kier molecular flexibility index (Phi) is 4.67. The van der Waals surface area contributed by atoms with Crippen LogP contribution in [-0.4, -0.2) is 50.2 Å². The van der Waals surface area contributed by atoms with Gasteiger partial charge in [0.05, 0.1) is 16.8 Å². The second-order valence-electron chi connectivity index (χ2n) is 17.0. The minimum Gasteiger partial charge on any atom is -0.385 e. The van der Waals surface area contributed by atoms with Crippen LogP contribution in [0.2, 0.25) is 0 Å². The van der Waals surface area contributed by atoms with Crippen LogP contribution in [0.3, 0.4) is 0 Å². The van der Waals surface area contributed by atoms with Crippen molar-refractivity contribution in [3.63, 3.8) is 0 Å². The lowest BCUT2D eigenvalue weighted by atomic mass is 9.42. The molecule has 6 nitrogen and oxygen atoms in total. The number of aromatic nitrogens is 1. The number of carbonyl (C=O) groups is 1. The van der Waals surface area contributed by atoms with Gasteiger partial charge in [0.15, 0.2) is 17.7 Å². The summed E-state index contributed by atoms with van der Waals surface area (Å²) in [4.78, 5) is 17.3. The summed E-state index contributed by atoms with van der Waals surface area (Å²) in [5.74, 6) is -0.683. The Bertz CT molecular complexity index is 1760. The monoisotopic (exact) mass is 583 g/mol. The van der Waals surface area contributed by atoms with Gasteiger partial charge in [-0.3, -0.25) is 4.79 Å². The fraction of sp³-hybridized carbons (Fsp3) is 0.649. The number of hydrogen-bond acceptors (Lipinski definition) is 5. The molecule has 2 aromatic rings. The van der Waals surface area contributed by atoms with Crippen LogP contribution >= 0.6 is 0 Å². The number of nitrogens with one attached hydrogen (secondary N) is 1. The summed E-state index contributed by atoms with van der Waals surface area (Å²) in [5, 5.41) is 14.2. The highest BCUT2D eigenvalue weighted by Gasteiger charge is 2.75. The van der Waals surface area contributed by atoms with Crippen molar-refractivity contribution in [2.75, 3.05) is 0 Å². The van der Waals surface area contributed by atoms with Crippen molar-refractivity contribution < 1.29 is 24.1 Å².